The van der Waals surface area contributed by atoms with E-state index in [1.807, 2.05) is 6.92 Å². The van der Waals surface area contributed by atoms with Gasteiger partial charge in [0.05, 0.1) is 11.9 Å². The van der Waals surface area contributed by atoms with Crippen LogP contribution in [0.15, 0.2) is 31.0 Å². The van der Waals surface area contributed by atoms with Gasteiger partial charge >= 0.3 is 0 Å². The summed E-state index contributed by atoms with van der Waals surface area (Å²) in [7, 11) is 0. The zero-order valence-electron chi connectivity index (χ0n) is 16.6. The first-order valence-corrected chi connectivity index (χ1v) is 9.46. The third-order valence-corrected chi connectivity index (χ3v) is 4.81. The largest absolute Gasteiger partial charge is 0.322 e. The monoisotopic (exact) mass is 428 g/mol. The van der Waals surface area contributed by atoms with Crippen LogP contribution in [0.3, 0.4) is 0 Å². The molecule has 31 heavy (non-hydrogen) atoms. The van der Waals surface area contributed by atoms with E-state index in [-0.39, 0.29) is 11.6 Å². The average molecular weight is 428 g/mol. The van der Waals surface area contributed by atoms with Gasteiger partial charge in [-0.05, 0) is 18.6 Å². The number of rotatable bonds is 7. The van der Waals surface area contributed by atoms with E-state index in [1.165, 1.54) is 29.5 Å². The number of carbonyl (C=O) groups excluding carboxylic acids is 2. The average Bonchev–Trinajstić information content (AvgIpc) is 3.16. The predicted octanol–water partition coefficient (Wildman–Crippen LogP) is 2.69. The van der Waals surface area contributed by atoms with Crippen molar-refractivity contribution in [1.29, 1.82) is 0 Å². The third kappa shape index (κ3) is 4.22. The Hall–Kier alpha value is -3.83. The molecule has 0 aliphatic heterocycles. The molecule has 1 saturated carbocycles. The lowest BCUT2D eigenvalue weighted by atomic mass is 10.1. The Balaban J connectivity index is 1.54. The van der Waals surface area contributed by atoms with Gasteiger partial charge in [-0.1, -0.05) is 6.92 Å². The molecule has 10 nitrogen and oxygen atoms in total. The summed E-state index contributed by atoms with van der Waals surface area (Å²) in [6.07, 6.45) is 4.00. The Kier molecular flexibility index (Phi) is 5.13. The lowest BCUT2D eigenvalue weighted by Crippen LogP contribution is -2.18. The number of anilines is 3. The van der Waals surface area contributed by atoms with Crippen LogP contribution >= 0.6 is 0 Å². The summed E-state index contributed by atoms with van der Waals surface area (Å²) >= 11 is 0. The van der Waals surface area contributed by atoms with Crippen LogP contribution < -0.4 is 10.6 Å². The van der Waals surface area contributed by atoms with Gasteiger partial charge in [-0.3, -0.25) is 19.1 Å². The SMILES string of the molecule is CCC(=O)c1cc(C)c(Nc2nncn2-c2cc(NC(=O)[C@H]3CC3(F)F)ncn2)cn1. The van der Waals surface area contributed by atoms with Gasteiger partial charge in [-0.2, -0.15) is 0 Å². The smallest absolute Gasteiger partial charge is 0.260 e. The van der Waals surface area contributed by atoms with Crippen molar-refractivity contribution in [3.8, 4) is 5.82 Å². The minimum atomic E-state index is -2.96. The second-order valence-electron chi connectivity index (χ2n) is 7.08. The number of pyridine rings is 1. The van der Waals surface area contributed by atoms with E-state index in [4.69, 9.17) is 0 Å². The molecule has 1 atom stereocenters. The van der Waals surface area contributed by atoms with Crippen molar-refractivity contribution in [3.63, 3.8) is 0 Å². The second-order valence-corrected chi connectivity index (χ2v) is 7.08. The van der Waals surface area contributed by atoms with Crippen LogP contribution in [0.2, 0.25) is 0 Å². The van der Waals surface area contributed by atoms with Gasteiger partial charge in [0.2, 0.25) is 11.9 Å². The molecule has 1 amide bonds. The first-order chi connectivity index (χ1) is 14.8. The molecule has 0 unspecified atom stereocenters. The summed E-state index contributed by atoms with van der Waals surface area (Å²) in [5, 5.41) is 13.3. The van der Waals surface area contributed by atoms with E-state index in [1.54, 1.807) is 13.0 Å². The molecule has 3 aromatic rings. The second kappa shape index (κ2) is 7.78. The van der Waals surface area contributed by atoms with Gasteiger partial charge in [0, 0.05) is 18.9 Å². The molecule has 4 rings (SSSR count). The maximum absolute atomic E-state index is 13.1. The minimum Gasteiger partial charge on any atom is -0.322 e. The van der Waals surface area contributed by atoms with E-state index in [2.05, 4.69) is 35.8 Å². The Morgan fingerprint density at radius 3 is 2.71 bits per heavy atom. The molecular weight excluding hydrogens is 410 g/mol. The normalized spacial score (nSPS) is 16.6. The minimum absolute atomic E-state index is 0.0580. The third-order valence-electron chi connectivity index (χ3n) is 4.81. The molecule has 1 fully saturated rings. The van der Waals surface area contributed by atoms with Gasteiger partial charge < -0.3 is 10.6 Å². The summed E-state index contributed by atoms with van der Waals surface area (Å²) in [6, 6.07) is 3.10. The molecule has 2 N–H and O–H groups in total. The van der Waals surface area contributed by atoms with Crippen LogP contribution in [-0.2, 0) is 4.79 Å². The van der Waals surface area contributed by atoms with Gasteiger partial charge in [-0.15, -0.1) is 10.2 Å². The summed E-state index contributed by atoms with van der Waals surface area (Å²) in [5.41, 5.74) is 1.77. The number of ketones is 1. The molecule has 0 aromatic carbocycles. The Bertz CT molecular complexity index is 1160. The Morgan fingerprint density at radius 1 is 1.26 bits per heavy atom. The fourth-order valence-corrected chi connectivity index (χ4v) is 2.89. The van der Waals surface area contributed by atoms with Gasteiger partial charge in [0.15, 0.2) is 5.78 Å². The highest BCUT2D eigenvalue weighted by Gasteiger charge is 2.61. The molecule has 12 heteroatoms. The zero-order chi connectivity index (χ0) is 22.2. The van der Waals surface area contributed by atoms with Crippen molar-refractivity contribution in [2.45, 2.75) is 32.6 Å². The molecule has 0 spiro atoms. The van der Waals surface area contributed by atoms with Crippen LogP contribution in [0.1, 0.15) is 35.8 Å². The fourth-order valence-electron chi connectivity index (χ4n) is 2.89. The zero-order valence-corrected chi connectivity index (χ0v) is 16.6. The number of halogens is 2. The highest BCUT2D eigenvalue weighted by molar-refractivity contribution is 5.95. The number of aryl methyl sites for hydroxylation is 1. The molecule has 160 valence electrons. The first-order valence-electron chi connectivity index (χ1n) is 9.46. The first kappa shape index (κ1) is 20.4. The highest BCUT2D eigenvalue weighted by atomic mass is 19.3. The van der Waals surface area contributed by atoms with Crippen molar-refractivity contribution >= 4 is 29.1 Å². The van der Waals surface area contributed by atoms with Crippen LogP contribution in [0.5, 0.6) is 0 Å². The van der Waals surface area contributed by atoms with Crippen LogP contribution in [-0.4, -0.2) is 47.3 Å². The molecule has 1 aliphatic carbocycles. The lowest BCUT2D eigenvalue weighted by Gasteiger charge is -2.11. The summed E-state index contributed by atoms with van der Waals surface area (Å²) in [4.78, 5) is 35.9. The summed E-state index contributed by atoms with van der Waals surface area (Å²) < 4.78 is 27.7. The van der Waals surface area contributed by atoms with E-state index >= 15 is 0 Å². The van der Waals surface area contributed by atoms with Crippen molar-refractivity contribution in [3.05, 3.63) is 42.2 Å². The van der Waals surface area contributed by atoms with Gasteiger partial charge in [0.1, 0.15) is 35.9 Å². The summed E-state index contributed by atoms with van der Waals surface area (Å²) in [5.74, 6) is -4.46. The topological polar surface area (TPSA) is 128 Å². The molecule has 0 radical (unpaired) electrons. The van der Waals surface area contributed by atoms with Crippen molar-refractivity contribution < 1.29 is 18.4 Å². The lowest BCUT2D eigenvalue weighted by molar-refractivity contribution is -0.119. The number of amides is 1. The summed E-state index contributed by atoms with van der Waals surface area (Å²) in [6.45, 7) is 3.59. The molecule has 0 saturated heterocycles. The molecule has 3 heterocycles. The van der Waals surface area contributed by atoms with E-state index < -0.39 is 24.2 Å². The van der Waals surface area contributed by atoms with Crippen LogP contribution in [0.25, 0.3) is 5.82 Å². The van der Waals surface area contributed by atoms with Crippen molar-refractivity contribution in [2.24, 2.45) is 5.92 Å². The maximum Gasteiger partial charge on any atom is 0.260 e. The van der Waals surface area contributed by atoms with Crippen LogP contribution in [0, 0.1) is 12.8 Å². The number of hydrogen-bond acceptors (Lipinski definition) is 8. The van der Waals surface area contributed by atoms with Gasteiger partial charge in [-0.25, -0.2) is 18.7 Å². The number of alkyl halides is 2. The molecule has 3 aromatic heterocycles. The fraction of sp³-hybridized carbons (Fsp3) is 0.316. The molecule has 0 bridgehead atoms. The van der Waals surface area contributed by atoms with E-state index in [9.17, 15) is 18.4 Å². The Morgan fingerprint density at radius 2 is 2.03 bits per heavy atom. The predicted molar refractivity (Wildman–Crippen MR) is 106 cm³/mol. The quantitative estimate of drug-likeness (QED) is 0.550. The number of aromatic nitrogens is 6. The molecular formula is C19H18F2N8O2. The Labute approximate surface area is 175 Å². The van der Waals surface area contributed by atoms with Crippen molar-refractivity contribution in [2.75, 3.05) is 10.6 Å². The van der Waals surface area contributed by atoms with Crippen molar-refractivity contribution in [1.82, 2.24) is 29.7 Å². The molecule has 1 aliphatic rings. The van der Waals surface area contributed by atoms with E-state index in [0.29, 0.717) is 29.6 Å². The number of carbonyl (C=O) groups is 2. The highest BCUT2D eigenvalue weighted by Crippen LogP contribution is 2.49. The number of Topliss-reactive ketones (excluding diaryl/α,β-unsaturated/α-hetero) is 1. The number of hydrogen-bond donors (Lipinski definition) is 2. The standard InChI is InChI=1S/C19H18F2N8O2/c1-3-14(30)12-4-10(2)13(7-22-12)26-18-28-25-9-29(18)16-5-15(23-8-24-16)27-17(31)11-6-19(11,20)21/h4-5,7-9,11H,3,6H2,1-2H3,(H,26,28)(H,23,24,27,31)/t11-/m1/s1. The van der Waals surface area contributed by atoms with E-state index in [0.717, 1.165) is 5.56 Å². The number of nitrogens with zero attached hydrogens (tertiary/aromatic N) is 6. The van der Waals surface area contributed by atoms with Crippen LogP contribution in [0.4, 0.5) is 26.2 Å². The van der Waals surface area contributed by atoms with Gasteiger partial charge in [0.25, 0.3) is 5.92 Å². The maximum atomic E-state index is 13.1. The number of nitrogens with one attached hydrogen (secondary N) is 2.